The van der Waals surface area contributed by atoms with Gasteiger partial charge >= 0.3 is 23.3 Å². The van der Waals surface area contributed by atoms with Crippen LogP contribution in [0.1, 0.15) is 20.7 Å². The van der Waals surface area contributed by atoms with Crippen LogP contribution in [-0.4, -0.2) is 30.9 Å². The van der Waals surface area contributed by atoms with Crippen LogP contribution in [0, 0.1) is 0 Å². The largest absolute Gasteiger partial charge is 0.478 e. The summed E-state index contributed by atoms with van der Waals surface area (Å²) in [6.07, 6.45) is 0. The van der Waals surface area contributed by atoms with Crippen molar-refractivity contribution in [3.05, 3.63) is 29.3 Å². The maximum Gasteiger partial charge on any atom is 0.357 e. The van der Waals surface area contributed by atoms with Crippen LogP contribution in [0.15, 0.2) is 18.2 Å². The third-order valence-electron chi connectivity index (χ3n) is 1.62. The van der Waals surface area contributed by atoms with Gasteiger partial charge in [-0.25, -0.2) is 9.59 Å². The number of carboxylic acid groups (broad SMARTS) is 2. The summed E-state index contributed by atoms with van der Waals surface area (Å²) in [7, 11) is 0. The fraction of sp³-hybridized carbons (Fsp3) is 0. The Morgan fingerprint density at radius 3 is 2.25 bits per heavy atom. The van der Waals surface area contributed by atoms with E-state index >= 15 is 0 Å². The van der Waals surface area contributed by atoms with Crippen LogP contribution >= 0.6 is 0 Å². The van der Waals surface area contributed by atoms with E-state index in [4.69, 9.17) is 14.8 Å². The van der Waals surface area contributed by atoms with E-state index in [1.165, 1.54) is 0 Å². The Morgan fingerprint density at radius 2 is 1.81 bits per heavy atom. The summed E-state index contributed by atoms with van der Waals surface area (Å²) in [5, 5.41) is 17.3. The lowest BCUT2D eigenvalue weighted by Crippen LogP contribution is -2.07. The van der Waals surface area contributed by atoms with E-state index in [0.29, 0.717) is 0 Å². The molecule has 7 nitrogen and oxygen atoms in total. The first-order chi connectivity index (χ1) is 7.41. The molecule has 0 radical (unpaired) electrons. The second-order valence-electron chi connectivity index (χ2n) is 2.62. The summed E-state index contributed by atoms with van der Waals surface area (Å²) in [6.45, 7) is 0. The van der Waals surface area contributed by atoms with Crippen LogP contribution in [0.25, 0.3) is 0 Å². The average Bonchev–Trinajstić information content (AvgIpc) is 2.15. The van der Waals surface area contributed by atoms with Crippen LogP contribution in [0.2, 0.25) is 0 Å². The summed E-state index contributed by atoms with van der Waals surface area (Å²) in [5.74, 6) is -3.17. The van der Waals surface area contributed by atoms with Crippen molar-refractivity contribution in [2.24, 2.45) is 0 Å². The third kappa shape index (κ3) is 2.78. The fourth-order valence-electron chi connectivity index (χ4n) is 0.978. The number of benzene rings is 1. The van der Waals surface area contributed by atoms with Gasteiger partial charge in [0, 0.05) is 0 Å². The highest BCUT2D eigenvalue weighted by atomic mass is 32.2. The quantitative estimate of drug-likeness (QED) is 0.665. The summed E-state index contributed by atoms with van der Waals surface area (Å²) < 4.78 is 23.1. The lowest BCUT2D eigenvalue weighted by molar-refractivity contribution is 0.0679. The van der Waals surface area contributed by atoms with Gasteiger partial charge < -0.3 is 14.4 Å². The molecule has 0 aliphatic carbocycles. The van der Waals surface area contributed by atoms with Crippen molar-refractivity contribution in [2.75, 3.05) is 0 Å². The Hall–Kier alpha value is -1.93. The maximum absolute atomic E-state index is 10.7. The van der Waals surface area contributed by atoms with Gasteiger partial charge in [-0.05, 0) is 18.2 Å². The maximum atomic E-state index is 10.7. The minimum absolute atomic E-state index is 0.245. The first-order valence-electron chi connectivity index (χ1n) is 3.81. The molecule has 0 heterocycles. The van der Waals surface area contributed by atoms with Crippen molar-refractivity contribution in [1.29, 1.82) is 0 Å². The van der Waals surface area contributed by atoms with Crippen LogP contribution in [0.5, 0.6) is 5.75 Å². The monoisotopic (exact) mass is 246 g/mol. The van der Waals surface area contributed by atoms with E-state index in [9.17, 15) is 13.8 Å². The molecule has 0 bridgehead atoms. The van der Waals surface area contributed by atoms with Crippen molar-refractivity contribution >= 4 is 23.3 Å². The zero-order valence-corrected chi connectivity index (χ0v) is 8.43. The summed E-state index contributed by atoms with van der Waals surface area (Å²) in [6, 6.07) is 2.90. The van der Waals surface area contributed by atoms with E-state index in [1.807, 2.05) is 0 Å². The van der Waals surface area contributed by atoms with Gasteiger partial charge in [-0.1, -0.05) is 0 Å². The minimum atomic E-state index is -2.72. The standard InChI is InChI=1S/C8H6O7S/c9-7(10)4-1-2-5(8(11)12)6(3-4)15-16(13)14/h1-3H,(H,9,10)(H,11,12)(H,13,14). The van der Waals surface area contributed by atoms with Gasteiger partial charge in [0.1, 0.15) is 5.56 Å². The Labute approximate surface area is 91.8 Å². The molecule has 0 aliphatic heterocycles. The Bertz CT molecular complexity index is 467. The number of rotatable bonds is 4. The lowest BCUT2D eigenvalue weighted by Gasteiger charge is -2.05. The fourth-order valence-corrected chi connectivity index (χ4v) is 1.27. The van der Waals surface area contributed by atoms with E-state index in [0.717, 1.165) is 18.2 Å². The molecule has 1 unspecified atom stereocenters. The number of aromatic carboxylic acids is 2. The molecular formula is C8H6O7S. The molecule has 0 amide bonds. The van der Waals surface area contributed by atoms with Crippen molar-refractivity contribution in [2.45, 2.75) is 0 Å². The zero-order valence-electron chi connectivity index (χ0n) is 7.61. The van der Waals surface area contributed by atoms with Gasteiger partial charge in [0.2, 0.25) is 0 Å². The Kier molecular flexibility index (Phi) is 3.59. The molecule has 3 N–H and O–H groups in total. The number of hydrogen-bond donors (Lipinski definition) is 3. The van der Waals surface area contributed by atoms with Crippen molar-refractivity contribution in [3.8, 4) is 5.75 Å². The van der Waals surface area contributed by atoms with E-state index in [-0.39, 0.29) is 5.56 Å². The highest BCUT2D eigenvalue weighted by Gasteiger charge is 2.16. The Morgan fingerprint density at radius 1 is 1.19 bits per heavy atom. The van der Waals surface area contributed by atoms with Crippen LogP contribution in [0.4, 0.5) is 0 Å². The van der Waals surface area contributed by atoms with Gasteiger partial charge in [-0.2, -0.15) is 4.21 Å². The van der Waals surface area contributed by atoms with Gasteiger partial charge in [0.05, 0.1) is 5.56 Å². The summed E-state index contributed by atoms with van der Waals surface area (Å²) in [5.41, 5.74) is -0.641. The number of carboxylic acids is 2. The molecule has 16 heavy (non-hydrogen) atoms. The van der Waals surface area contributed by atoms with Gasteiger partial charge in [0.25, 0.3) is 0 Å². The predicted octanol–water partition coefficient (Wildman–Crippen LogP) is 0.599. The smallest absolute Gasteiger partial charge is 0.357 e. The van der Waals surface area contributed by atoms with Gasteiger partial charge in [-0.3, -0.25) is 4.55 Å². The van der Waals surface area contributed by atoms with E-state index in [1.54, 1.807) is 0 Å². The highest BCUT2D eigenvalue weighted by Crippen LogP contribution is 2.21. The molecule has 1 rings (SSSR count). The van der Waals surface area contributed by atoms with Gasteiger partial charge in [-0.15, -0.1) is 0 Å². The predicted molar refractivity (Wildman–Crippen MR) is 51.8 cm³/mol. The molecule has 1 aromatic rings. The Balaban J connectivity index is 3.26. The van der Waals surface area contributed by atoms with E-state index < -0.39 is 34.6 Å². The molecule has 1 atom stereocenters. The molecule has 0 saturated heterocycles. The summed E-state index contributed by atoms with van der Waals surface area (Å²) >= 11 is -2.72. The molecule has 0 aliphatic rings. The molecule has 0 aromatic heterocycles. The molecule has 1 aromatic carbocycles. The number of carbonyl (C=O) groups is 2. The SMILES string of the molecule is O=C(O)c1ccc(C(=O)O)c(OS(=O)O)c1. The first kappa shape index (κ1) is 12.1. The topological polar surface area (TPSA) is 121 Å². The second kappa shape index (κ2) is 4.73. The average molecular weight is 246 g/mol. The molecule has 0 saturated carbocycles. The minimum Gasteiger partial charge on any atom is -0.478 e. The van der Waals surface area contributed by atoms with Crippen molar-refractivity contribution in [1.82, 2.24) is 0 Å². The van der Waals surface area contributed by atoms with Crippen molar-refractivity contribution < 1.29 is 32.7 Å². The highest BCUT2D eigenvalue weighted by molar-refractivity contribution is 7.74. The molecule has 86 valence electrons. The second-order valence-corrected chi connectivity index (χ2v) is 3.22. The summed E-state index contributed by atoms with van der Waals surface area (Å²) in [4.78, 5) is 21.3. The molecule has 0 fully saturated rings. The molecule has 8 heteroatoms. The van der Waals surface area contributed by atoms with Crippen LogP contribution in [-0.2, 0) is 11.4 Å². The van der Waals surface area contributed by atoms with Crippen LogP contribution < -0.4 is 4.18 Å². The van der Waals surface area contributed by atoms with E-state index in [2.05, 4.69) is 4.18 Å². The van der Waals surface area contributed by atoms with Crippen LogP contribution in [0.3, 0.4) is 0 Å². The third-order valence-corrected chi connectivity index (χ3v) is 1.94. The zero-order chi connectivity index (χ0) is 12.3. The lowest BCUT2D eigenvalue weighted by atomic mass is 10.1. The normalized spacial score (nSPS) is 11.8. The first-order valence-corrected chi connectivity index (χ1v) is 4.85. The number of hydrogen-bond acceptors (Lipinski definition) is 4. The molecule has 0 spiro atoms. The molecular weight excluding hydrogens is 240 g/mol. The van der Waals surface area contributed by atoms with Gasteiger partial charge in [0.15, 0.2) is 5.75 Å². The van der Waals surface area contributed by atoms with Crippen molar-refractivity contribution in [3.63, 3.8) is 0 Å².